The van der Waals surface area contributed by atoms with Crippen molar-refractivity contribution in [3.05, 3.63) is 51.8 Å². The van der Waals surface area contributed by atoms with Crippen LogP contribution in [0.3, 0.4) is 0 Å². The second-order valence-corrected chi connectivity index (χ2v) is 11.2. The van der Waals surface area contributed by atoms with Gasteiger partial charge in [-0.1, -0.05) is 42.4 Å². The number of nitrogens with two attached hydrogens (primary N) is 1. The quantitative estimate of drug-likeness (QED) is 0.202. The fourth-order valence-electron chi connectivity index (χ4n) is 4.20. The van der Waals surface area contributed by atoms with Crippen LogP contribution >= 0.6 is 23.4 Å². The molecule has 2 aliphatic rings. The first kappa shape index (κ1) is 30.7. The molecule has 1 aromatic rings. The van der Waals surface area contributed by atoms with E-state index in [1.807, 2.05) is 0 Å². The minimum Gasteiger partial charge on any atom is -0.379 e. The van der Waals surface area contributed by atoms with Gasteiger partial charge in [0, 0.05) is 36.8 Å². The molecule has 1 fully saturated rings. The molecule has 1 aliphatic carbocycles. The molecule has 14 heteroatoms. The fourth-order valence-corrected chi connectivity index (χ4v) is 5.42. The molecule has 2 unspecified atom stereocenters. The molecule has 0 bridgehead atoms. The summed E-state index contributed by atoms with van der Waals surface area (Å²) < 4.78 is 113. The van der Waals surface area contributed by atoms with Gasteiger partial charge in [0.2, 0.25) is 0 Å². The molecule has 2 heterocycles. The van der Waals surface area contributed by atoms with Crippen molar-refractivity contribution < 1.29 is 39.9 Å². The number of allylic oxidation sites excluding steroid dienone is 3. The van der Waals surface area contributed by atoms with Gasteiger partial charge in [-0.15, -0.1) is 0 Å². The van der Waals surface area contributed by atoms with Crippen LogP contribution in [-0.4, -0.2) is 47.0 Å². The van der Waals surface area contributed by atoms with Crippen molar-refractivity contribution >= 4 is 28.5 Å². The molecule has 4 atom stereocenters. The Balaban J connectivity index is 1.66. The molecular formula is C24H26ClF8N3OS. The molecule has 0 aromatic carbocycles. The highest BCUT2D eigenvalue weighted by Gasteiger charge is 2.55. The van der Waals surface area contributed by atoms with E-state index in [9.17, 15) is 30.7 Å². The fraction of sp³-hybridized carbons (Fsp3) is 0.583. The van der Waals surface area contributed by atoms with E-state index in [4.69, 9.17) is 22.1 Å². The number of amidine groups is 1. The van der Waals surface area contributed by atoms with E-state index in [1.54, 1.807) is 0 Å². The molecule has 38 heavy (non-hydrogen) atoms. The van der Waals surface area contributed by atoms with Gasteiger partial charge in [0.05, 0.1) is 22.8 Å². The van der Waals surface area contributed by atoms with Crippen LogP contribution in [0.25, 0.3) is 0 Å². The second kappa shape index (κ2) is 11.3. The van der Waals surface area contributed by atoms with Gasteiger partial charge < -0.3 is 10.5 Å². The number of halogens is 9. The van der Waals surface area contributed by atoms with Gasteiger partial charge in [0.15, 0.2) is 11.3 Å². The third kappa shape index (κ3) is 7.41. The zero-order valence-corrected chi connectivity index (χ0v) is 22.0. The summed E-state index contributed by atoms with van der Waals surface area (Å²) in [7, 11) is 0. The lowest BCUT2D eigenvalue weighted by atomic mass is 9.85. The normalized spacial score (nSPS) is 27.8. The standard InChI is InChI=1S/C24H26ClF8N3OS/c1-21(5-6-37-19(21)24(31,32)33)12-38-20(34)36-10-14-7-13(3-4-22(14,2)27)8-17(26)18-16(25)9-15(11-35-18)23(28,29)30/h3,7,9,11,17,19H,4-6,8,10,12H2,1-2H3,(H2,34,36)/t17?,19-,21+,22?/m0/s1. The maximum Gasteiger partial charge on any atom is 0.417 e. The van der Waals surface area contributed by atoms with Crippen molar-refractivity contribution in [1.82, 2.24) is 4.98 Å². The summed E-state index contributed by atoms with van der Waals surface area (Å²) in [6.07, 6.45) is -9.85. The summed E-state index contributed by atoms with van der Waals surface area (Å²) >= 11 is 6.74. The van der Waals surface area contributed by atoms with Gasteiger partial charge in [-0.05, 0) is 30.6 Å². The number of hydrogen-bond acceptors (Lipinski definition) is 4. The van der Waals surface area contributed by atoms with Gasteiger partial charge in [0.1, 0.15) is 11.8 Å². The van der Waals surface area contributed by atoms with Crippen LogP contribution in [0.5, 0.6) is 0 Å². The summed E-state index contributed by atoms with van der Waals surface area (Å²) in [6, 6.07) is 0.593. The molecule has 0 radical (unpaired) electrons. The summed E-state index contributed by atoms with van der Waals surface area (Å²) in [4.78, 5) is 7.63. The van der Waals surface area contributed by atoms with E-state index < -0.39 is 46.3 Å². The van der Waals surface area contributed by atoms with Gasteiger partial charge in [-0.25, -0.2) is 8.78 Å². The Morgan fingerprint density at radius 3 is 2.58 bits per heavy atom. The zero-order chi connectivity index (χ0) is 28.5. The minimum atomic E-state index is -4.68. The SMILES string of the molecule is CC1(F)CC=C(CC(F)c2ncc(C(F)(F)F)cc2Cl)C=C1CN=C(N)SC[C@@]1(C)CCO[C@@H]1C(F)(F)F. The summed E-state index contributed by atoms with van der Waals surface area (Å²) in [5.74, 6) is -0.00593. The van der Waals surface area contributed by atoms with E-state index in [0.717, 1.165) is 11.8 Å². The molecule has 0 amide bonds. The number of alkyl halides is 8. The Labute approximate surface area is 223 Å². The highest BCUT2D eigenvalue weighted by atomic mass is 35.5. The van der Waals surface area contributed by atoms with Crippen LogP contribution in [0.2, 0.25) is 5.02 Å². The summed E-state index contributed by atoms with van der Waals surface area (Å²) in [5, 5.41) is -0.511. The molecule has 0 saturated carbocycles. The molecule has 4 nitrogen and oxygen atoms in total. The van der Waals surface area contributed by atoms with Crippen LogP contribution in [0.4, 0.5) is 35.1 Å². The lowest BCUT2D eigenvalue weighted by Crippen LogP contribution is -2.42. The van der Waals surface area contributed by atoms with Gasteiger partial charge in [-0.2, -0.15) is 26.3 Å². The van der Waals surface area contributed by atoms with Crippen molar-refractivity contribution in [3.63, 3.8) is 0 Å². The van der Waals surface area contributed by atoms with Gasteiger partial charge >= 0.3 is 12.4 Å². The van der Waals surface area contributed by atoms with Crippen molar-refractivity contribution in [2.45, 2.75) is 63.4 Å². The molecule has 212 valence electrons. The highest BCUT2D eigenvalue weighted by molar-refractivity contribution is 8.13. The van der Waals surface area contributed by atoms with E-state index >= 15 is 4.39 Å². The third-order valence-corrected chi connectivity index (χ3v) is 8.06. The topological polar surface area (TPSA) is 60.5 Å². The number of aromatic nitrogens is 1. The number of ether oxygens (including phenoxy) is 1. The number of nitrogens with zero attached hydrogens (tertiary/aromatic N) is 2. The number of pyridine rings is 1. The van der Waals surface area contributed by atoms with Gasteiger partial charge in [-0.3, -0.25) is 9.98 Å². The molecule has 0 spiro atoms. The van der Waals surface area contributed by atoms with E-state index in [1.165, 1.54) is 26.0 Å². The Kier molecular flexibility index (Phi) is 9.14. The Bertz CT molecular complexity index is 1120. The van der Waals surface area contributed by atoms with Crippen molar-refractivity contribution in [1.29, 1.82) is 0 Å². The zero-order valence-electron chi connectivity index (χ0n) is 20.4. The van der Waals surface area contributed by atoms with Crippen molar-refractivity contribution in [2.24, 2.45) is 16.1 Å². The average molecular weight is 592 g/mol. The van der Waals surface area contributed by atoms with Crippen LogP contribution < -0.4 is 5.73 Å². The van der Waals surface area contributed by atoms with Crippen molar-refractivity contribution in [2.75, 3.05) is 18.9 Å². The van der Waals surface area contributed by atoms with Crippen LogP contribution in [0.1, 0.15) is 50.5 Å². The number of thioether (sulfide) groups is 1. The number of aliphatic imine (C=N–C) groups is 1. The number of hydrogen-bond donors (Lipinski definition) is 1. The summed E-state index contributed by atoms with van der Waals surface area (Å²) in [6.45, 7) is 2.53. The molecule has 1 aromatic heterocycles. The lowest BCUT2D eigenvalue weighted by Gasteiger charge is -2.30. The predicted molar refractivity (Wildman–Crippen MR) is 130 cm³/mol. The predicted octanol–water partition coefficient (Wildman–Crippen LogP) is 7.54. The maximum atomic E-state index is 15.1. The largest absolute Gasteiger partial charge is 0.417 e. The van der Waals surface area contributed by atoms with Gasteiger partial charge in [0.25, 0.3) is 0 Å². The van der Waals surface area contributed by atoms with Crippen LogP contribution in [-0.2, 0) is 10.9 Å². The Hall–Kier alpha value is -1.86. The second-order valence-electron chi connectivity index (χ2n) is 9.75. The van der Waals surface area contributed by atoms with Crippen molar-refractivity contribution in [3.8, 4) is 0 Å². The first-order valence-corrected chi connectivity index (χ1v) is 12.9. The number of rotatable bonds is 7. The maximum absolute atomic E-state index is 15.1. The molecule has 3 rings (SSSR count). The summed E-state index contributed by atoms with van der Waals surface area (Å²) in [5.41, 5.74) is 1.91. The van der Waals surface area contributed by atoms with E-state index in [2.05, 4.69) is 9.98 Å². The smallest absolute Gasteiger partial charge is 0.379 e. The third-order valence-electron chi connectivity index (χ3n) is 6.53. The average Bonchev–Trinajstić information content (AvgIpc) is 3.19. The van der Waals surface area contributed by atoms with Crippen LogP contribution in [0, 0.1) is 5.41 Å². The highest BCUT2D eigenvalue weighted by Crippen LogP contribution is 2.45. The molecule has 1 aliphatic heterocycles. The monoisotopic (exact) mass is 591 g/mol. The van der Waals surface area contributed by atoms with E-state index in [0.29, 0.717) is 17.8 Å². The first-order valence-electron chi connectivity index (χ1n) is 11.5. The first-order chi connectivity index (χ1) is 17.4. The van der Waals surface area contributed by atoms with Crippen LogP contribution in [0.15, 0.2) is 40.6 Å². The lowest BCUT2D eigenvalue weighted by molar-refractivity contribution is -0.226. The molecule has 2 N–H and O–H groups in total. The minimum absolute atomic E-state index is 0.00593. The van der Waals surface area contributed by atoms with E-state index in [-0.39, 0.29) is 54.6 Å². The Morgan fingerprint density at radius 1 is 1.29 bits per heavy atom. The Morgan fingerprint density at radius 2 is 1.97 bits per heavy atom. The molecular weight excluding hydrogens is 566 g/mol. The molecule has 1 saturated heterocycles.